The molecule has 0 atom stereocenters. The summed E-state index contributed by atoms with van der Waals surface area (Å²) in [5.74, 6) is 3.23. The Morgan fingerprint density at radius 2 is 2.04 bits per heavy atom. The molecule has 4 rings (SSSR count). The van der Waals surface area contributed by atoms with Gasteiger partial charge in [-0.25, -0.2) is 4.98 Å². The molecule has 0 saturated heterocycles. The molecule has 0 radical (unpaired) electrons. The highest BCUT2D eigenvalue weighted by atomic mass is 35.5. The van der Waals surface area contributed by atoms with E-state index in [1.165, 1.54) is 11.8 Å². The molecule has 0 aliphatic heterocycles. The second kappa shape index (κ2) is 8.08. The Morgan fingerprint density at radius 1 is 1.21 bits per heavy atom. The topological polar surface area (TPSA) is 69.9 Å². The summed E-state index contributed by atoms with van der Waals surface area (Å²) < 4.78 is 13.4. The zero-order valence-corrected chi connectivity index (χ0v) is 16.7. The van der Waals surface area contributed by atoms with Crippen LogP contribution in [0.2, 0.25) is 5.02 Å². The van der Waals surface area contributed by atoms with Crippen molar-refractivity contribution in [2.45, 2.75) is 24.4 Å². The largest absolute Gasteiger partial charge is 0.461 e. The van der Waals surface area contributed by atoms with Crippen molar-refractivity contribution in [1.29, 1.82) is 0 Å². The van der Waals surface area contributed by atoms with Crippen LogP contribution in [0.1, 0.15) is 11.6 Å². The van der Waals surface area contributed by atoms with Gasteiger partial charge in [0.05, 0.1) is 17.7 Å². The van der Waals surface area contributed by atoms with Gasteiger partial charge in [0.25, 0.3) is 0 Å². The van der Waals surface area contributed by atoms with Gasteiger partial charge in [-0.3, -0.25) is 4.57 Å². The third kappa shape index (κ3) is 3.76. The number of hydrogen-bond donors (Lipinski definition) is 0. The van der Waals surface area contributed by atoms with Gasteiger partial charge in [0.15, 0.2) is 16.7 Å². The highest BCUT2D eigenvalue weighted by Crippen LogP contribution is 2.30. The molecule has 142 valence electrons. The minimum Gasteiger partial charge on any atom is -0.461 e. The fourth-order valence-electron chi connectivity index (χ4n) is 2.79. The van der Waals surface area contributed by atoms with Crippen molar-refractivity contribution in [1.82, 2.24) is 19.7 Å². The van der Waals surface area contributed by atoms with Crippen LogP contribution in [0.15, 0.2) is 69.3 Å². The number of aryl methyl sites for hydroxylation is 1. The monoisotopic (exact) mass is 412 g/mol. The average molecular weight is 413 g/mol. The molecule has 0 N–H and O–H groups in total. The molecule has 1 aromatic carbocycles. The van der Waals surface area contributed by atoms with Gasteiger partial charge in [0.1, 0.15) is 0 Å². The van der Waals surface area contributed by atoms with E-state index in [4.69, 9.17) is 20.4 Å². The van der Waals surface area contributed by atoms with E-state index in [0.29, 0.717) is 34.8 Å². The van der Waals surface area contributed by atoms with Crippen LogP contribution in [0.5, 0.6) is 0 Å². The molecule has 28 heavy (non-hydrogen) atoms. The van der Waals surface area contributed by atoms with Crippen LogP contribution in [-0.2, 0) is 12.3 Å². The van der Waals surface area contributed by atoms with E-state index in [9.17, 15) is 0 Å². The first-order valence-corrected chi connectivity index (χ1v) is 9.95. The van der Waals surface area contributed by atoms with E-state index in [2.05, 4.69) is 21.8 Å². The maximum atomic E-state index is 5.97. The first kappa shape index (κ1) is 18.6. The lowest BCUT2D eigenvalue weighted by molar-refractivity contribution is 0.529. The maximum absolute atomic E-state index is 5.97. The smallest absolute Gasteiger partial charge is 0.205 e. The SMILES string of the molecule is C=CCn1c(SCc2nc(C)c(-c3ccc(Cl)cc3)o2)nnc1-c1ccco1. The fraction of sp³-hybridized carbons (Fsp3) is 0.150. The summed E-state index contributed by atoms with van der Waals surface area (Å²) in [5, 5.41) is 9.97. The summed E-state index contributed by atoms with van der Waals surface area (Å²) in [5.41, 5.74) is 1.78. The van der Waals surface area contributed by atoms with Crippen molar-refractivity contribution in [3.8, 4) is 22.9 Å². The van der Waals surface area contributed by atoms with Crippen LogP contribution in [0.25, 0.3) is 22.9 Å². The second-order valence-corrected chi connectivity index (χ2v) is 7.38. The highest BCUT2D eigenvalue weighted by molar-refractivity contribution is 7.98. The summed E-state index contributed by atoms with van der Waals surface area (Å²) >= 11 is 7.46. The molecule has 3 aromatic heterocycles. The number of furan rings is 1. The van der Waals surface area contributed by atoms with Crippen LogP contribution in [0.3, 0.4) is 0 Å². The van der Waals surface area contributed by atoms with Gasteiger partial charge in [-0.05, 0) is 43.3 Å². The third-order valence-electron chi connectivity index (χ3n) is 4.04. The second-order valence-electron chi connectivity index (χ2n) is 6.00. The molecular weight excluding hydrogens is 396 g/mol. The van der Waals surface area contributed by atoms with Gasteiger partial charge in [-0.1, -0.05) is 29.4 Å². The summed E-state index contributed by atoms with van der Waals surface area (Å²) in [7, 11) is 0. The van der Waals surface area contributed by atoms with E-state index >= 15 is 0 Å². The van der Waals surface area contributed by atoms with Gasteiger partial charge in [0, 0.05) is 17.1 Å². The number of allylic oxidation sites excluding steroid dienone is 1. The van der Waals surface area contributed by atoms with E-state index in [1.54, 1.807) is 12.3 Å². The van der Waals surface area contributed by atoms with Crippen molar-refractivity contribution >= 4 is 23.4 Å². The van der Waals surface area contributed by atoms with Gasteiger partial charge in [-0.15, -0.1) is 16.8 Å². The first-order chi connectivity index (χ1) is 13.7. The van der Waals surface area contributed by atoms with Crippen molar-refractivity contribution < 1.29 is 8.83 Å². The number of thioether (sulfide) groups is 1. The average Bonchev–Trinajstić information content (AvgIpc) is 3.41. The van der Waals surface area contributed by atoms with Gasteiger partial charge >= 0.3 is 0 Å². The van der Waals surface area contributed by atoms with E-state index in [-0.39, 0.29) is 0 Å². The summed E-state index contributed by atoms with van der Waals surface area (Å²) in [4.78, 5) is 4.54. The first-order valence-electron chi connectivity index (χ1n) is 8.58. The summed E-state index contributed by atoms with van der Waals surface area (Å²) in [6.45, 7) is 6.32. The summed E-state index contributed by atoms with van der Waals surface area (Å²) in [6, 6.07) is 11.2. The van der Waals surface area contributed by atoms with Crippen molar-refractivity contribution in [3.63, 3.8) is 0 Å². The minimum absolute atomic E-state index is 0.530. The number of hydrogen-bond acceptors (Lipinski definition) is 6. The predicted octanol–water partition coefficient (Wildman–Crippen LogP) is 5.63. The van der Waals surface area contributed by atoms with Gasteiger partial charge in [0.2, 0.25) is 11.7 Å². The lowest BCUT2D eigenvalue weighted by atomic mass is 10.1. The third-order valence-corrected chi connectivity index (χ3v) is 5.25. The lowest BCUT2D eigenvalue weighted by Gasteiger charge is -2.05. The Bertz CT molecular complexity index is 1080. The fourth-order valence-corrected chi connectivity index (χ4v) is 3.70. The standard InChI is InChI=1S/C20H17ClN4O2S/c1-3-10-25-19(16-5-4-11-26-16)23-24-20(25)28-12-17-22-13(2)18(27-17)14-6-8-15(21)9-7-14/h3-9,11H,1,10,12H2,2H3. The molecule has 0 amide bonds. The zero-order chi connectivity index (χ0) is 19.5. The molecule has 8 heteroatoms. The molecular formula is C20H17ClN4O2S. The van der Waals surface area contributed by atoms with Crippen LogP contribution in [0, 0.1) is 6.92 Å². The van der Waals surface area contributed by atoms with Crippen LogP contribution < -0.4 is 0 Å². The highest BCUT2D eigenvalue weighted by Gasteiger charge is 2.17. The Labute approximate surface area is 171 Å². The number of rotatable bonds is 7. The van der Waals surface area contributed by atoms with Crippen molar-refractivity contribution in [2.24, 2.45) is 0 Å². The zero-order valence-electron chi connectivity index (χ0n) is 15.1. The van der Waals surface area contributed by atoms with Crippen LogP contribution in [0.4, 0.5) is 0 Å². The molecule has 4 aromatic rings. The molecule has 0 aliphatic carbocycles. The van der Waals surface area contributed by atoms with Crippen molar-refractivity contribution in [3.05, 3.63) is 71.9 Å². The number of benzene rings is 1. The molecule has 0 bridgehead atoms. The molecule has 6 nitrogen and oxygen atoms in total. The minimum atomic E-state index is 0.530. The van der Waals surface area contributed by atoms with Crippen molar-refractivity contribution in [2.75, 3.05) is 0 Å². The van der Waals surface area contributed by atoms with Gasteiger partial charge in [-0.2, -0.15) is 0 Å². The molecule has 0 saturated carbocycles. The number of oxazole rings is 1. The molecule has 3 heterocycles. The Kier molecular flexibility index (Phi) is 5.36. The maximum Gasteiger partial charge on any atom is 0.205 e. The number of nitrogens with zero attached hydrogens (tertiary/aromatic N) is 4. The number of aromatic nitrogens is 4. The quantitative estimate of drug-likeness (QED) is 0.289. The molecule has 0 spiro atoms. The summed E-state index contributed by atoms with van der Waals surface area (Å²) in [6.07, 6.45) is 3.41. The van der Waals surface area contributed by atoms with Gasteiger partial charge < -0.3 is 8.83 Å². The van der Waals surface area contributed by atoms with E-state index in [1.807, 2.05) is 47.9 Å². The Morgan fingerprint density at radius 3 is 2.75 bits per heavy atom. The van der Waals surface area contributed by atoms with Crippen LogP contribution in [-0.4, -0.2) is 19.7 Å². The predicted molar refractivity (Wildman–Crippen MR) is 109 cm³/mol. The van der Waals surface area contributed by atoms with E-state index in [0.717, 1.165) is 22.2 Å². The molecule has 0 fully saturated rings. The Balaban J connectivity index is 1.54. The number of halogens is 1. The normalized spacial score (nSPS) is 11.1. The van der Waals surface area contributed by atoms with Crippen LogP contribution >= 0.6 is 23.4 Å². The lowest BCUT2D eigenvalue weighted by Crippen LogP contribution is -2.00. The molecule has 0 aliphatic rings. The molecule has 0 unspecified atom stereocenters. The van der Waals surface area contributed by atoms with E-state index < -0.39 is 0 Å². The Hall–Kier alpha value is -2.77.